The topological polar surface area (TPSA) is 30.5 Å². The van der Waals surface area contributed by atoms with Gasteiger partial charge in [-0.3, -0.25) is 0 Å². The highest BCUT2D eigenvalue weighted by molar-refractivity contribution is 9.10. The molecule has 2 rings (SSSR count). The third-order valence-corrected chi connectivity index (χ3v) is 5.04. The van der Waals surface area contributed by atoms with Crippen molar-refractivity contribution in [1.82, 2.24) is 5.32 Å². The molecule has 0 aliphatic carbocycles. The number of ether oxygens (including phenoxy) is 2. The summed E-state index contributed by atoms with van der Waals surface area (Å²) in [4.78, 5) is 0. The van der Waals surface area contributed by atoms with Gasteiger partial charge in [0, 0.05) is 9.85 Å². The largest absolute Gasteiger partial charge is 0.493 e. The van der Waals surface area contributed by atoms with Gasteiger partial charge in [-0.05, 0) is 57.5 Å². The SMILES string of the molecule is CCCNC(c1ccc(OC)c(OC)c1)c1cscc1Br. The summed E-state index contributed by atoms with van der Waals surface area (Å²) in [6.45, 7) is 3.13. The van der Waals surface area contributed by atoms with Crippen LogP contribution in [0.25, 0.3) is 0 Å². The molecule has 1 heterocycles. The van der Waals surface area contributed by atoms with Crippen LogP contribution in [0.15, 0.2) is 33.4 Å². The minimum absolute atomic E-state index is 0.144. The lowest BCUT2D eigenvalue weighted by Crippen LogP contribution is -2.23. The Morgan fingerprint density at radius 1 is 1.19 bits per heavy atom. The van der Waals surface area contributed by atoms with Gasteiger partial charge < -0.3 is 14.8 Å². The molecule has 1 unspecified atom stereocenters. The molecule has 3 nitrogen and oxygen atoms in total. The fourth-order valence-electron chi connectivity index (χ4n) is 2.23. The van der Waals surface area contributed by atoms with Gasteiger partial charge >= 0.3 is 0 Å². The number of benzene rings is 1. The van der Waals surface area contributed by atoms with Gasteiger partial charge in [-0.15, -0.1) is 0 Å². The lowest BCUT2D eigenvalue weighted by molar-refractivity contribution is 0.354. The maximum absolute atomic E-state index is 5.42. The van der Waals surface area contributed by atoms with Gasteiger partial charge in [0.25, 0.3) is 0 Å². The second-order valence-corrected chi connectivity index (χ2v) is 6.27. The second-order valence-electron chi connectivity index (χ2n) is 4.68. The summed E-state index contributed by atoms with van der Waals surface area (Å²) >= 11 is 5.33. The lowest BCUT2D eigenvalue weighted by atomic mass is 10.0. The first-order valence-corrected chi connectivity index (χ1v) is 8.61. The van der Waals surface area contributed by atoms with E-state index in [1.165, 1.54) is 11.1 Å². The Bertz CT molecular complexity index is 585. The summed E-state index contributed by atoms with van der Waals surface area (Å²) in [5.74, 6) is 1.50. The number of hydrogen-bond acceptors (Lipinski definition) is 4. The highest BCUT2D eigenvalue weighted by Crippen LogP contribution is 2.35. The van der Waals surface area contributed by atoms with Crippen LogP contribution in [0.2, 0.25) is 0 Å². The Kier molecular flexibility index (Phi) is 6.08. The number of methoxy groups -OCH3 is 2. The summed E-state index contributed by atoms with van der Waals surface area (Å²) in [6.07, 6.45) is 1.09. The van der Waals surface area contributed by atoms with Crippen molar-refractivity contribution in [1.29, 1.82) is 0 Å². The van der Waals surface area contributed by atoms with E-state index in [1.807, 2.05) is 12.1 Å². The van der Waals surface area contributed by atoms with Gasteiger partial charge in [-0.25, -0.2) is 0 Å². The van der Waals surface area contributed by atoms with E-state index in [4.69, 9.17) is 9.47 Å². The Balaban J connectivity index is 2.39. The van der Waals surface area contributed by atoms with E-state index < -0.39 is 0 Å². The zero-order valence-corrected chi connectivity index (χ0v) is 14.9. The highest BCUT2D eigenvalue weighted by Gasteiger charge is 2.18. The number of nitrogens with one attached hydrogen (secondary N) is 1. The smallest absolute Gasteiger partial charge is 0.161 e. The molecule has 0 bridgehead atoms. The predicted molar refractivity (Wildman–Crippen MR) is 91.7 cm³/mol. The van der Waals surface area contributed by atoms with Crippen molar-refractivity contribution in [2.75, 3.05) is 20.8 Å². The zero-order chi connectivity index (χ0) is 15.2. The molecular weight excluding hydrogens is 350 g/mol. The van der Waals surface area contributed by atoms with Crippen molar-refractivity contribution in [2.24, 2.45) is 0 Å². The van der Waals surface area contributed by atoms with Gasteiger partial charge in [0.15, 0.2) is 11.5 Å². The van der Waals surface area contributed by atoms with E-state index in [0.29, 0.717) is 0 Å². The predicted octanol–water partition coefficient (Wildman–Crippen LogP) is 4.62. The van der Waals surface area contributed by atoms with Crippen LogP contribution in [-0.2, 0) is 0 Å². The van der Waals surface area contributed by atoms with E-state index in [9.17, 15) is 0 Å². The van der Waals surface area contributed by atoms with E-state index in [-0.39, 0.29) is 6.04 Å². The maximum Gasteiger partial charge on any atom is 0.161 e. The van der Waals surface area contributed by atoms with Crippen LogP contribution in [0.5, 0.6) is 11.5 Å². The molecule has 21 heavy (non-hydrogen) atoms. The molecule has 114 valence electrons. The van der Waals surface area contributed by atoms with Crippen LogP contribution in [0, 0.1) is 0 Å². The van der Waals surface area contributed by atoms with Crippen molar-refractivity contribution in [3.8, 4) is 11.5 Å². The van der Waals surface area contributed by atoms with Gasteiger partial charge in [-0.1, -0.05) is 13.0 Å². The Morgan fingerprint density at radius 2 is 1.95 bits per heavy atom. The molecule has 0 radical (unpaired) electrons. The van der Waals surface area contributed by atoms with Crippen molar-refractivity contribution in [2.45, 2.75) is 19.4 Å². The quantitative estimate of drug-likeness (QED) is 0.772. The van der Waals surface area contributed by atoms with Crippen LogP contribution in [0.4, 0.5) is 0 Å². The van der Waals surface area contributed by atoms with E-state index in [1.54, 1.807) is 25.6 Å². The summed E-state index contributed by atoms with van der Waals surface area (Å²) in [7, 11) is 3.32. The molecule has 0 amide bonds. The van der Waals surface area contributed by atoms with Crippen molar-refractivity contribution in [3.63, 3.8) is 0 Å². The number of thiophene rings is 1. The molecule has 0 aliphatic rings. The minimum atomic E-state index is 0.144. The molecule has 0 saturated heterocycles. The average molecular weight is 370 g/mol. The molecule has 1 aromatic heterocycles. The van der Waals surface area contributed by atoms with Crippen molar-refractivity contribution >= 4 is 27.3 Å². The average Bonchev–Trinajstić information content (AvgIpc) is 2.93. The second kappa shape index (κ2) is 7.82. The number of hydrogen-bond donors (Lipinski definition) is 1. The number of halogens is 1. The monoisotopic (exact) mass is 369 g/mol. The normalized spacial score (nSPS) is 12.2. The summed E-state index contributed by atoms with van der Waals surface area (Å²) in [5.41, 5.74) is 2.42. The van der Waals surface area contributed by atoms with Crippen LogP contribution in [-0.4, -0.2) is 20.8 Å². The first-order chi connectivity index (χ1) is 10.2. The molecular formula is C16H20BrNO2S. The highest BCUT2D eigenvalue weighted by atomic mass is 79.9. The standard InChI is InChI=1S/C16H20BrNO2S/c1-4-7-18-16(12-9-21-10-13(12)17)11-5-6-14(19-2)15(8-11)20-3/h5-6,8-10,16,18H,4,7H2,1-3H3. The van der Waals surface area contributed by atoms with Crippen LogP contribution in [0.3, 0.4) is 0 Å². The van der Waals surface area contributed by atoms with Crippen LogP contribution < -0.4 is 14.8 Å². The Morgan fingerprint density at radius 3 is 2.52 bits per heavy atom. The molecule has 0 spiro atoms. The Labute approximate surface area is 138 Å². The van der Waals surface area contributed by atoms with Gasteiger partial charge in [0.2, 0.25) is 0 Å². The van der Waals surface area contributed by atoms with Gasteiger partial charge in [-0.2, -0.15) is 11.3 Å². The molecule has 1 aromatic carbocycles. The fourth-order valence-corrected chi connectivity index (χ4v) is 3.78. The first kappa shape index (κ1) is 16.3. The molecule has 2 aromatic rings. The maximum atomic E-state index is 5.42. The zero-order valence-electron chi connectivity index (χ0n) is 12.5. The van der Waals surface area contributed by atoms with Crippen LogP contribution in [0.1, 0.15) is 30.5 Å². The summed E-state index contributed by atoms with van der Waals surface area (Å²) in [6, 6.07) is 6.22. The number of rotatable bonds is 7. The summed E-state index contributed by atoms with van der Waals surface area (Å²) in [5, 5.41) is 7.88. The van der Waals surface area contributed by atoms with Crippen molar-refractivity contribution < 1.29 is 9.47 Å². The third kappa shape index (κ3) is 3.78. The van der Waals surface area contributed by atoms with E-state index >= 15 is 0 Å². The molecule has 0 fully saturated rings. The third-order valence-electron chi connectivity index (χ3n) is 3.29. The van der Waals surface area contributed by atoms with E-state index in [0.717, 1.165) is 28.9 Å². The van der Waals surface area contributed by atoms with E-state index in [2.05, 4.69) is 45.0 Å². The minimum Gasteiger partial charge on any atom is -0.493 e. The lowest BCUT2D eigenvalue weighted by Gasteiger charge is -2.20. The van der Waals surface area contributed by atoms with Gasteiger partial charge in [0.05, 0.1) is 20.3 Å². The Hall–Kier alpha value is -1.04. The fraction of sp³-hybridized carbons (Fsp3) is 0.375. The molecule has 0 saturated carbocycles. The molecule has 1 atom stereocenters. The van der Waals surface area contributed by atoms with Crippen molar-refractivity contribution in [3.05, 3.63) is 44.6 Å². The van der Waals surface area contributed by atoms with Crippen LogP contribution >= 0.6 is 27.3 Å². The van der Waals surface area contributed by atoms with Gasteiger partial charge in [0.1, 0.15) is 0 Å². The molecule has 0 aliphatic heterocycles. The molecule has 1 N–H and O–H groups in total. The summed E-state index contributed by atoms with van der Waals surface area (Å²) < 4.78 is 11.9. The first-order valence-electron chi connectivity index (χ1n) is 6.88. The molecule has 5 heteroatoms.